The third-order valence-corrected chi connectivity index (χ3v) is 2.81. The molecule has 1 aliphatic heterocycles. The Morgan fingerprint density at radius 1 is 1.41 bits per heavy atom. The van der Waals surface area contributed by atoms with Gasteiger partial charge in [0, 0.05) is 13.1 Å². The monoisotopic (exact) mass is 244 g/mol. The molecule has 1 rings (SSSR count). The predicted molar refractivity (Wildman–Crippen MR) is 61.2 cm³/mol. The quantitative estimate of drug-likeness (QED) is 0.675. The molecule has 0 radical (unpaired) electrons. The van der Waals surface area contributed by atoms with Crippen molar-refractivity contribution < 1.29 is 19.1 Å². The Balaban J connectivity index is 2.26. The highest BCUT2D eigenvalue weighted by Gasteiger charge is 2.25. The number of rotatable bonds is 4. The number of carbonyl (C=O) groups is 2. The van der Waals surface area contributed by atoms with Crippen molar-refractivity contribution in [1.29, 1.82) is 0 Å². The Bertz CT molecular complexity index is 273. The third-order valence-electron chi connectivity index (χ3n) is 2.81. The summed E-state index contributed by atoms with van der Waals surface area (Å²) in [5.41, 5.74) is 5.53. The fourth-order valence-electron chi connectivity index (χ4n) is 1.78. The van der Waals surface area contributed by atoms with E-state index < -0.39 is 6.04 Å². The van der Waals surface area contributed by atoms with Crippen molar-refractivity contribution >= 4 is 11.9 Å². The molecule has 0 bridgehead atoms. The third kappa shape index (κ3) is 4.32. The van der Waals surface area contributed by atoms with Crippen LogP contribution in [0.4, 0.5) is 0 Å². The van der Waals surface area contributed by atoms with Crippen LogP contribution in [0.3, 0.4) is 0 Å². The number of hydrogen-bond acceptors (Lipinski definition) is 5. The molecule has 0 aliphatic carbocycles. The number of piperidine rings is 1. The second-order valence-electron chi connectivity index (χ2n) is 4.20. The summed E-state index contributed by atoms with van der Waals surface area (Å²) in [6.07, 6.45) is 1.48. The Kier molecular flexibility index (Phi) is 5.37. The van der Waals surface area contributed by atoms with Gasteiger partial charge in [0.1, 0.15) is 6.61 Å². The molecule has 1 aliphatic rings. The van der Waals surface area contributed by atoms with E-state index in [1.807, 2.05) is 0 Å². The van der Waals surface area contributed by atoms with Gasteiger partial charge in [-0.25, -0.2) is 4.79 Å². The largest absolute Gasteiger partial charge is 0.467 e. The first-order valence-electron chi connectivity index (χ1n) is 5.77. The molecular weight excluding hydrogens is 224 g/mol. The molecule has 2 N–H and O–H groups in total. The number of amides is 1. The van der Waals surface area contributed by atoms with Gasteiger partial charge in [-0.15, -0.1) is 0 Å². The van der Waals surface area contributed by atoms with Crippen LogP contribution in [0.2, 0.25) is 0 Å². The molecule has 6 nitrogen and oxygen atoms in total. The van der Waals surface area contributed by atoms with Gasteiger partial charge in [0.25, 0.3) is 0 Å². The molecule has 6 heteroatoms. The van der Waals surface area contributed by atoms with Crippen LogP contribution < -0.4 is 5.73 Å². The van der Waals surface area contributed by atoms with Gasteiger partial charge in [-0.1, -0.05) is 0 Å². The second-order valence-corrected chi connectivity index (χ2v) is 4.20. The van der Waals surface area contributed by atoms with E-state index >= 15 is 0 Å². The molecule has 1 fully saturated rings. The standard InChI is InChI=1S/C11H20N2O4/c1-8(12)11(15)13-5-3-9(4-6-13)17-7-10(14)16-2/h8-9H,3-7,12H2,1-2H3. The average Bonchev–Trinajstić information content (AvgIpc) is 2.35. The number of esters is 1. The molecule has 17 heavy (non-hydrogen) atoms. The van der Waals surface area contributed by atoms with Crippen molar-refractivity contribution in [3.8, 4) is 0 Å². The Hall–Kier alpha value is -1.14. The number of nitrogens with two attached hydrogens (primary N) is 1. The van der Waals surface area contributed by atoms with E-state index in [-0.39, 0.29) is 24.6 Å². The Morgan fingerprint density at radius 3 is 2.47 bits per heavy atom. The minimum absolute atomic E-state index is 0.0197. The van der Waals surface area contributed by atoms with Crippen LogP contribution in [0.25, 0.3) is 0 Å². The normalized spacial score (nSPS) is 18.9. The van der Waals surface area contributed by atoms with Gasteiger partial charge in [-0.2, -0.15) is 0 Å². The van der Waals surface area contributed by atoms with E-state index in [0.29, 0.717) is 13.1 Å². The first kappa shape index (κ1) is 13.9. The number of methoxy groups -OCH3 is 1. The highest BCUT2D eigenvalue weighted by molar-refractivity contribution is 5.81. The molecule has 1 atom stereocenters. The molecule has 98 valence electrons. The number of hydrogen-bond donors (Lipinski definition) is 1. The van der Waals surface area contributed by atoms with E-state index in [1.165, 1.54) is 7.11 Å². The van der Waals surface area contributed by atoms with Gasteiger partial charge in [0.15, 0.2) is 0 Å². The summed E-state index contributed by atoms with van der Waals surface area (Å²) in [6, 6.07) is -0.456. The van der Waals surface area contributed by atoms with Gasteiger partial charge < -0.3 is 20.1 Å². The number of likely N-dealkylation sites (tertiary alicyclic amines) is 1. The minimum Gasteiger partial charge on any atom is -0.467 e. The maximum Gasteiger partial charge on any atom is 0.331 e. The maximum atomic E-state index is 11.6. The van der Waals surface area contributed by atoms with Crippen molar-refractivity contribution in [2.75, 3.05) is 26.8 Å². The van der Waals surface area contributed by atoms with Gasteiger partial charge in [-0.05, 0) is 19.8 Å². The van der Waals surface area contributed by atoms with Crippen molar-refractivity contribution in [1.82, 2.24) is 4.90 Å². The Labute approximate surface area is 101 Å². The van der Waals surface area contributed by atoms with E-state index in [9.17, 15) is 9.59 Å². The van der Waals surface area contributed by atoms with Crippen LogP contribution in [-0.2, 0) is 19.1 Å². The van der Waals surface area contributed by atoms with E-state index in [0.717, 1.165) is 12.8 Å². The summed E-state index contributed by atoms with van der Waals surface area (Å²) in [7, 11) is 1.33. The molecule has 0 saturated carbocycles. The lowest BCUT2D eigenvalue weighted by Gasteiger charge is -2.32. The molecule has 0 aromatic carbocycles. The molecule has 1 amide bonds. The lowest BCUT2D eigenvalue weighted by atomic mass is 10.1. The first-order valence-corrected chi connectivity index (χ1v) is 5.77. The average molecular weight is 244 g/mol. The SMILES string of the molecule is COC(=O)COC1CCN(C(=O)C(C)N)CC1. The van der Waals surface area contributed by atoms with Crippen molar-refractivity contribution in [2.45, 2.75) is 31.9 Å². The molecule has 1 heterocycles. The van der Waals surface area contributed by atoms with Crippen LogP contribution in [0, 0.1) is 0 Å². The van der Waals surface area contributed by atoms with Gasteiger partial charge in [-0.3, -0.25) is 4.79 Å². The molecule has 1 unspecified atom stereocenters. The first-order chi connectivity index (χ1) is 8.04. The minimum atomic E-state index is -0.456. The van der Waals surface area contributed by atoms with Crippen molar-refractivity contribution in [3.63, 3.8) is 0 Å². The summed E-state index contributed by atoms with van der Waals surface area (Å²) < 4.78 is 9.87. The van der Waals surface area contributed by atoms with E-state index in [1.54, 1.807) is 11.8 Å². The zero-order valence-electron chi connectivity index (χ0n) is 10.3. The van der Waals surface area contributed by atoms with Gasteiger partial charge in [0.05, 0.1) is 19.3 Å². The van der Waals surface area contributed by atoms with Crippen molar-refractivity contribution in [2.24, 2.45) is 5.73 Å². The highest BCUT2D eigenvalue weighted by atomic mass is 16.6. The van der Waals surface area contributed by atoms with Crippen LogP contribution >= 0.6 is 0 Å². The predicted octanol–water partition coefficient (Wildman–Crippen LogP) is -0.486. The molecule has 0 spiro atoms. The van der Waals surface area contributed by atoms with Gasteiger partial charge in [0.2, 0.25) is 5.91 Å². The Morgan fingerprint density at radius 2 is 2.00 bits per heavy atom. The molecule has 0 aromatic rings. The molecule has 1 saturated heterocycles. The zero-order valence-corrected chi connectivity index (χ0v) is 10.3. The van der Waals surface area contributed by atoms with Crippen LogP contribution in [0.5, 0.6) is 0 Å². The number of nitrogens with zero attached hydrogens (tertiary/aromatic N) is 1. The summed E-state index contributed by atoms with van der Waals surface area (Å²) in [6.45, 7) is 2.92. The highest BCUT2D eigenvalue weighted by Crippen LogP contribution is 2.14. The fourth-order valence-corrected chi connectivity index (χ4v) is 1.78. The van der Waals surface area contributed by atoms with Crippen LogP contribution in [0.1, 0.15) is 19.8 Å². The summed E-state index contributed by atoms with van der Waals surface area (Å²) in [4.78, 5) is 24.2. The smallest absolute Gasteiger partial charge is 0.331 e. The lowest BCUT2D eigenvalue weighted by Crippen LogP contribution is -2.47. The number of carbonyl (C=O) groups excluding carboxylic acids is 2. The summed E-state index contributed by atoms with van der Waals surface area (Å²) in [5.74, 6) is -0.407. The summed E-state index contributed by atoms with van der Waals surface area (Å²) in [5, 5.41) is 0. The maximum absolute atomic E-state index is 11.6. The van der Waals surface area contributed by atoms with E-state index in [4.69, 9.17) is 10.5 Å². The van der Waals surface area contributed by atoms with E-state index in [2.05, 4.69) is 4.74 Å². The summed E-state index contributed by atoms with van der Waals surface area (Å²) >= 11 is 0. The van der Waals surface area contributed by atoms with Crippen molar-refractivity contribution in [3.05, 3.63) is 0 Å². The van der Waals surface area contributed by atoms with Crippen LogP contribution in [-0.4, -0.2) is 55.7 Å². The lowest BCUT2D eigenvalue weighted by molar-refractivity contribution is -0.150. The molecular formula is C11H20N2O4. The number of ether oxygens (including phenoxy) is 2. The fraction of sp³-hybridized carbons (Fsp3) is 0.818. The van der Waals surface area contributed by atoms with Gasteiger partial charge >= 0.3 is 5.97 Å². The van der Waals surface area contributed by atoms with Crippen LogP contribution in [0.15, 0.2) is 0 Å². The molecule has 0 aromatic heterocycles. The topological polar surface area (TPSA) is 81.9 Å². The second kappa shape index (κ2) is 6.56. The zero-order chi connectivity index (χ0) is 12.8.